The van der Waals surface area contributed by atoms with Crippen LogP contribution >= 0.6 is 0 Å². The lowest BCUT2D eigenvalue weighted by molar-refractivity contribution is -0.182. The molecule has 4 rings (SSSR count). The SMILES string of the molecule is C#C[C@]1(O)C(=C)CC2C3C(O)C[C@@H]4C[C@@H](O)CC[C@]4(C)C3CC[C@@]21C. The van der Waals surface area contributed by atoms with Gasteiger partial charge in [0.15, 0.2) is 5.60 Å². The Kier molecular flexibility index (Phi) is 3.76. The average molecular weight is 344 g/mol. The van der Waals surface area contributed by atoms with Crippen molar-refractivity contribution < 1.29 is 15.3 Å². The van der Waals surface area contributed by atoms with Crippen molar-refractivity contribution in [1.29, 1.82) is 0 Å². The summed E-state index contributed by atoms with van der Waals surface area (Å²) in [5, 5.41) is 32.4. The van der Waals surface area contributed by atoms with E-state index in [0.29, 0.717) is 11.8 Å². The van der Waals surface area contributed by atoms with Crippen LogP contribution in [0.5, 0.6) is 0 Å². The number of rotatable bonds is 0. The van der Waals surface area contributed by atoms with E-state index in [2.05, 4.69) is 26.3 Å². The van der Waals surface area contributed by atoms with Gasteiger partial charge < -0.3 is 15.3 Å². The summed E-state index contributed by atoms with van der Waals surface area (Å²) in [4.78, 5) is 0. The van der Waals surface area contributed by atoms with Crippen molar-refractivity contribution in [2.45, 2.75) is 76.6 Å². The quantitative estimate of drug-likeness (QED) is 0.468. The minimum absolute atomic E-state index is 0.175. The maximum absolute atomic E-state index is 11.2. The predicted octanol–water partition coefficient (Wildman–Crippen LogP) is 2.89. The van der Waals surface area contributed by atoms with E-state index in [1.54, 1.807) is 0 Å². The van der Waals surface area contributed by atoms with E-state index in [-0.39, 0.29) is 29.5 Å². The Morgan fingerprint density at radius 2 is 1.84 bits per heavy atom. The first-order valence-electron chi connectivity index (χ1n) is 9.92. The molecule has 138 valence electrons. The van der Waals surface area contributed by atoms with Gasteiger partial charge in [-0.25, -0.2) is 0 Å². The van der Waals surface area contributed by atoms with Gasteiger partial charge in [-0.05, 0) is 79.6 Å². The molecule has 4 unspecified atom stereocenters. The Morgan fingerprint density at radius 3 is 2.52 bits per heavy atom. The highest BCUT2D eigenvalue weighted by Crippen LogP contribution is 2.68. The van der Waals surface area contributed by atoms with Gasteiger partial charge in [-0.1, -0.05) is 26.3 Å². The third kappa shape index (κ3) is 2.05. The molecule has 0 aromatic rings. The van der Waals surface area contributed by atoms with Crippen molar-refractivity contribution in [2.75, 3.05) is 0 Å². The molecule has 0 bridgehead atoms. The summed E-state index contributed by atoms with van der Waals surface area (Å²) < 4.78 is 0. The van der Waals surface area contributed by atoms with Crippen LogP contribution in [0.1, 0.15) is 58.8 Å². The minimum atomic E-state index is -1.25. The highest BCUT2D eigenvalue weighted by Gasteiger charge is 2.67. The van der Waals surface area contributed by atoms with Gasteiger partial charge in [0, 0.05) is 5.41 Å². The fourth-order valence-electron chi connectivity index (χ4n) is 7.44. The van der Waals surface area contributed by atoms with Gasteiger partial charge in [0.05, 0.1) is 12.2 Å². The molecule has 4 aliphatic rings. The molecule has 0 aromatic heterocycles. The van der Waals surface area contributed by atoms with E-state index < -0.39 is 11.0 Å². The molecule has 0 radical (unpaired) electrons. The van der Waals surface area contributed by atoms with E-state index in [1.165, 1.54) is 0 Å². The Labute approximate surface area is 151 Å². The van der Waals surface area contributed by atoms with Crippen molar-refractivity contribution in [3.8, 4) is 12.3 Å². The molecule has 0 aliphatic heterocycles. The van der Waals surface area contributed by atoms with Crippen molar-refractivity contribution in [3.63, 3.8) is 0 Å². The summed E-state index contributed by atoms with van der Waals surface area (Å²) in [6.07, 6.45) is 11.3. The highest BCUT2D eigenvalue weighted by molar-refractivity contribution is 5.39. The smallest absolute Gasteiger partial charge is 0.152 e. The first kappa shape index (κ1) is 17.6. The lowest BCUT2D eigenvalue weighted by Gasteiger charge is -2.62. The topological polar surface area (TPSA) is 60.7 Å². The molecule has 0 amide bonds. The molecule has 3 N–H and O–H groups in total. The summed E-state index contributed by atoms with van der Waals surface area (Å²) in [7, 11) is 0. The number of terminal acetylenes is 1. The number of fused-ring (bicyclic) bond motifs is 5. The van der Waals surface area contributed by atoms with Crippen LogP contribution in [0.2, 0.25) is 0 Å². The summed E-state index contributed by atoms with van der Waals surface area (Å²) in [5.74, 6) is 3.86. The molecule has 0 spiro atoms. The van der Waals surface area contributed by atoms with E-state index in [9.17, 15) is 15.3 Å². The van der Waals surface area contributed by atoms with Crippen LogP contribution in [-0.2, 0) is 0 Å². The Balaban J connectivity index is 1.73. The lowest BCUT2D eigenvalue weighted by Crippen LogP contribution is -2.60. The van der Waals surface area contributed by atoms with Gasteiger partial charge >= 0.3 is 0 Å². The minimum Gasteiger partial charge on any atom is -0.393 e. The summed E-state index contributed by atoms with van der Waals surface area (Å²) in [6, 6.07) is 0. The van der Waals surface area contributed by atoms with Crippen LogP contribution < -0.4 is 0 Å². The molecule has 25 heavy (non-hydrogen) atoms. The monoisotopic (exact) mass is 344 g/mol. The van der Waals surface area contributed by atoms with Crippen molar-refractivity contribution in [1.82, 2.24) is 0 Å². The van der Waals surface area contributed by atoms with Crippen LogP contribution in [0.4, 0.5) is 0 Å². The molecule has 4 saturated carbocycles. The molecule has 3 nitrogen and oxygen atoms in total. The first-order valence-corrected chi connectivity index (χ1v) is 9.92. The molecule has 9 atom stereocenters. The molecule has 4 aliphatic carbocycles. The van der Waals surface area contributed by atoms with E-state index in [0.717, 1.165) is 50.5 Å². The van der Waals surface area contributed by atoms with E-state index >= 15 is 0 Å². The second kappa shape index (κ2) is 5.35. The zero-order valence-electron chi connectivity index (χ0n) is 15.5. The molecule has 0 saturated heterocycles. The maximum Gasteiger partial charge on any atom is 0.152 e. The molecule has 0 aromatic carbocycles. The van der Waals surface area contributed by atoms with Gasteiger partial charge in [-0.15, -0.1) is 6.42 Å². The van der Waals surface area contributed by atoms with Crippen molar-refractivity contribution in [3.05, 3.63) is 12.2 Å². The highest BCUT2D eigenvalue weighted by atomic mass is 16.3. The van der Waals surface area contributed by atoms with Crippen LogP contribution in [0.25, 0.3) is 0 Å². The second-order valence-electron chi connectivity index (χ2n) is 9.84. The fourth-order valence-corrected chi connectivity index (χ4v) is 7.44. The van der Waals surface area contributed by atoms with Gasteiger partial charge in [0.25, 0.3) is 0 Å². The standard InChI is InChI=1S/C22H32O3/c1-5-22(25)13(2)10-17-19-16(7-9-21(17,22)4)20(3)8-6-15(23)11-14(20)12-18(19)24/h1,14-19,23-25H,2,6-12H2,3-4H3/t14-,15-,16?,17?,18?,19?,20-,21-,22-/m0/s1. The normalized spacial score (nSPS) is 58.0. The van der Waals surface area contributed by atoms with E-state index in [4.69, 9.17) is 6.42 Å². The Bertz CT molecular complexity index is 636. The first-order chi connectivity index (χ1) is 11.7. The number of hydrogen-bond donors (Lipinski definition) is 3. The maximum atomic E-state index is 11.2. The molecular formula is C22H32O3. The summed E-state index contributed by atoms with van der Waals surface area (Å²) in [5.41, 5.74) is -0.703. The Morgan fingerprint density at radius 1 is 1.12 bits per heavy atom. The number of aliphatic hydroxyl groups excluding tert-OH is 2. The fraction of sp³-hybridized carbons (Fsp3) is 0.818. The third-order valence-electron chi connectivity index (χ3n) is 9.06. The third-order valence-corrected chi connectivity index (χ3v) is 9.06. The van der Waals surface area contributed by atoms with Crippen molar-refractivity contribution in [2.24, 2.45) is 34.5 Å². The average Bonchev–Trinajstić information content (AvgIpc) is 2.77. The van der Waals surface area contributed by atoms with Crippen LogP contribution in [0, 0.1) is 46.8 Å². The summed E-state index contributed by atoms with van der Waals surface area (Å²) in [6.45, 7) is 8.60. The lowest BCUT2D eigenvalue weighted by atomic mass is 9.43. The molecule has 4 fully saturated rings. The number of aliphatic hydroxyl groups is 3. The summed E-state index contributed by atoms with van der Waals surface area (Å²) >= 11 is 0. The largest absolute Gasteiger partial charge is 0.393 e. The second-order valence-corrected chi connectivity index (χ2v) is 9.84. The van der Waals surface area contributed by atoms with Crippen LogP contribution in [0.15, 0.2) is 12.2 Å². The van der Waals surface area contributed by atoms with Crippen LogP contribution in [-0.4, -0.2) is 33.1 Å². The van der Waals surface area contributed by atoms with Gasteiger partial charge in [0.2, 0.25) is 0 Å². The van der Waals surface area contributed by atoms with Gasteiger partial charge in [-0.2, -0.15) is 0 Å². The number of hydrogen-bond acceptors (Lipinski definition) is 3. The van der Waals surface area contributed by atoms with E-state index in [1.807, 2.05) is 0 Å². The van der Waals surface area contributed by atoms with Crippen LogP contribution in [0.3, 0.4) is 0 Å². The zero-order chi connectivity index (χ0) is 18.2. The molecule has 0 heterocycles. The van der Waals surface area contributed by atoms with Gasteiger partial charge in [0.1, 0.15) is 0 Å². The zero-order valence-corrected chi connectivity index (χ0v) is 15.5. The van der Waals surface area contributed by atoms with Crippen molar-refractivity contribution >= 4 is 0 Å². The molecular weight excluding hydrogens is 312 g/mol. The van der Waals surface area contributed by atoms with Gasteiger partial charge in [-0.3, -0.25) is 0 Å². The Hall–Kier alpha value is -0.820. The molecule has 3 heteroatoms. The predicted molar refractivity (Wildman–Crippen MR) is 97.4 cm³/mol.